The highest BCUT2D eigenvalue weighted by Crippen LogP contribution is 2.27. The van der Waals surface area contributed by atoms with Crippen LogP contribution in [-0.2, 0) is 0 Å². The zero-order chi connectivity index (χ0) is 15.0. The zero-order valence-electron chi connectivity index (χ0n) is 13.5. The average Bonchev–Trinajstić information content (AvgIpc) is 2.43. The van der Waals surface area contributed by atoms with E-state index >= 15 is 0 Å². The van der Waals surface area contributed by atoms with Crippen LogP contribution in [0.25, 0.3) is 0 Å². The van der Waals surface area contributed by atoms with Crippen molar-refractivity contribution in [3.05, 3.63) is 34.9 Å². The van der Waals surface area contributed by atoms with Gasteiger partial charge in [-0.2, -0.15) is 0 Å². The Morgan fingerprint density at radius 3 is 2.10 bits per heavy atom. The Hall–Kier alpha value is -0.530. The first kappa shape index (κ1) is 17.5. The quantitative estimate of drug-likeness (QED) is 0.634. The van der Waals surface area contributed by atoms with Crippen molar-refractivity contribution in [2.24, 2.45) is 11.8 Å². The molecule has 2 heteroatoms. The highest BCUT2D eigenvalue weighted by Gasteiger charge is 2.16. The van der Waals surface area contributed by atoms with Crippen LogP contribution in [0, 0.1) is 11.8 Å². The fourth-order valence-corrected chi connectivity index (χ4v) is 2.77. The number of nitrogens with one attached hydrogen (secondary N) is 1. The molecule has 1 nitrogen and oxygen atoms in total. The Bertz CT molecular complexity index is 354. The van der Waals surface area contributed by atoms with Gasteiger partial charge >= 0.3 is 0 Å². The number of benzene rings is 1. The molecule has 0 amide bonds. The topological polar surface area (TPSA) is 12.0 Å². The van der Waals surface area contributed by atoms with Crippen molar-refractivity contribution >= 4 is 11.6 Å². The lowest BCUT2D eigenvalue weighted by atomic mass is 9.86. The maximum Gasteiger partial charge on any atom is 0.0406 e. The van der Waals surface area contributed by atoms with Crippen LogP contribution < -0.4 is 5.32 Å². The lowest BCUT2D eigenvalue weighted by Crippen LogP contribution is -2.26. The van der Waals surface area contributed by atoms with Crippen LogP contribution in [0.15, 0.2) is 24.3 Å². The Kier molecular flexibility index (Phi) is 8.25. The van der Waals surface area contributed by atoms with Crippen LogP contribution >= 0.6 is 11.6 Å². The van der Waals surface area contributed by atoms with Crippen molar-refractivity contribution in [1.82, 2.24) is 5.32 Å². The van der Waals surface area contributed by atoms with Gasteiger partial charge in [-0.05, 0) is 48.4 Å². The molecule has 0 fully saturated rings. The van der Waals surface area contributed by atoms with Gasteiger partial charge in [-0.25, -0.2) is 0 Å². The summed E-state index contributed by atoms with van der Waals surface area (Å²) in [6.07, 6.45) is 3.80. The lowest BCUT2D eigenvalue weighted by molar-refractivity contribution is 0.392. The molecule has 1 aromatic carbocycles. The summed E-state index contributed by atoms with van der Waals surface area (Å²) >= 11 is 6.01. The third-order valence-electron chi connectivity index (χ3n) is 4.06. The van der Waals surface area contributed by atoms with Crippen LogP contribution in [-0.4, -0.2) is 13.1 Å². The highest BCUT2D eigenvalue weighted by atomic mass is 35.5. The van der Waals surface area contributed by atoms with Crippen LogP contribution in [0.2, 0.25) is 5.02 Å². The van der Waals surface area contributed by atoms with Gasteiger partial charge in [-0.15, -0.1) is 0 Å². The molecular formula is C18H30ClN. The Labute approximate surface area is 130 Å². The lowest BCUT2D eigenvalue weighted by Gasteiger charge is -2.23. The van der Waals surface area contributed by atoms with E-state index in [1.165, 1.54) is 24.8 Å². The number of rotatable bonds is 9. The molecule has 1 atom stereocenters. The second-order valence-corrected chi connectivity index (χ2v) is 6.66. The third kappa shape index (κ3) is 6.28. The van der Waals surface area contributed by atoms with Crippen LogP contribution in [0.3, 0.4) is 0 Å². The predicted molar refractivity (Wildman–Crippen MR) is 90.6 cm³/mol. The predicted octanol–water partition coefficient (Wildman–Crippen LogP) is 5.50. The normalized spacial score (nSPS) is 13.2. The van der Waals surface area contributed by atoms with Gasteiger partial charge in [0.2, 0.25) is 0 Å². The summed E-state index contributed by atoms with van der Waals surface area (Å²) in [6, 6.07) is 8.40. The SMILES string of the molecule is CCC(CC)CC(CNCC(C)C)c1ccc(Cl)cc1. The van der Waals surface area contributed by atoms with Crippen LogP contribution in [0.4, 0.5) is 0 Å². The fraction of sp³-hybridized carbons (Fsp3) is 0.667. The van der Waals surface area contributed by atoms with Crippen LogP contribution in [0.5, 0.6) is 0 Å². The van der Waals surface area contributed by atoms with E-state index in [4.69, 9.17) is 11.6 Å². The minimum absolute atomic E-state index is 0.593. The first-order chi connectivity index (χ1) is 9.56. The van der Waals surface area contributed by atoms with E-state index in [0.717, 1.165) is 24.0 Å². The molecule has 0 aliphatic rings. The summed E-state index contributed by atoms with van der Waals surface area (Å²) in [6.45, 7) is 11.3. The molecule has 1 rings (SSSR count). The summed E-state index contributed by atoms with van der Waals surface area (Å²) in [4.78, 5) is 0. The smallest absolute Gasteiger partial charge is 0.0406 e. The van der Waals surface area contributed by atoms with Gasteiger partial charge in [-0.1, -0.05) is 64.3 Å². The molecule has 0 aliphatic heterocycles. The second kappa shape index (κ2) is 9.41. The molecule has 1 aromatic rings. The molecule has 0 bridgehead atoms. The van der Waals surface area contributed by atoms with Crippen molar-refractivity contribution in [2.75, 3.05) is 13.1 Å². The first-order valence-corrected chi connectivity index (χ1v) is 8.40. The van der Waals surface area contributed by atoms with Crippen molar-refractivity contribution in [3.8, 4) is 0 Å². The monoisotopic (exact) mass is 295 g/mol. The Morgan fingerprint density at radius 2 is 1.60 bits per heavy atom. The number of halogens is 1. The molecule has 0 saturated carbocycles. The molecule has 0 aliphatic carbocycles. The molecule has 20 heavy (non-hydrogen) atoms. The van der Waals surface area contributed by atoms with E-state index in [1.54, 1.807) is 0 Å². The molecule has 0 spiro atoms. The van der Waals surface area contributed by atoms with Crippen LogP contribution in [0.1, 0.15) is 58.4 Å². The minimum atomic E-state index is 0.593. The Balaban J connectivity index is 2.69. The molecular weight excluding hydrogens is 266 g/mol. The fourth-order valence-electron chi connectivity index (χ4n) is 2.64. The molecule has 1 unspecified atom stereocenters. The summed E-state index contributed by atoms with van der Waals surface area (Å²) < 4.78 is 0. The molecule has 0 heterocycles. The standard InChI is InChI=1S/C18H30ClN/c1-5-15(6-2)11-17(13-20-12-14(3)4)16-7-9-18(19)10-8-16/h7-10,14-15,17,20H,5-6,11-13H2,1-4H3. The van der Waals surface area contributed by atoms with Crippen molar-refractivity contribution < 1.29 is 0 Å². The van der Waals surface area contributed by atoms with Gasteiger partial charge in [0, 0.05) is 11.6 Å². The van der Waals surface area contributed by atoms with E-state index in [2.05, 4.69) is 45.1 Å². The van der Waals surface area contributed by atoms with Gasteiger partial charge in [0.15, 0.2) is 0 Å². The maximum absolute atomic E-state index is 6.01. The second-order valence-electron chi connectivity index (χ2n) is 6.22. The van der Waals surface area contributed by atoms with Gasteiger partial charge in [-0.3, -0.25) is 0 Å². The summed E-state index contributed by atoms with van der Waals surface area (Å²) in [5.74, 6) is 2.11. The number of hydrogen-bond donors (Lipinski definition) is 1. The molecule has 0 radical (unpaired) electrons. The van der Waals surface area contributed by atoms with Crippen molar-refractivity contribution in [3.63, 3.8) is 0 Å². The maximum atomic E-state index is 6.01. The van der Waals surface area contributed by atoms with E-state index in [-0.39, 0.29) is 0 Å². The van der Waals surface area contributed by atoms with E-state index < -0.39 is 0 Å². The van der Waals surface area contributed by atoms with E-state index in [1.807, 2.05) is 12.1 Å². The average molecular weight is 296 g/mol. The van der Waals surface area contributed by atoms with E-state index in [9.17, 15) is 0 Å². The highest BCUT2D eigenvalue weighted by molar-refractivity contribution is 6.30. The Morgan fingerprint density at radius 1 is 1.00 bits per heavy atom. The van der Waals surface area contributed by atoms with Crippen molar-refractivity contribution in [1.29, 1.82) is 0 Å². The summed E-state index contributed by atoms with van der Waals surface area (Å²) in [7, 11) is 0. The largest absolute Gasteiger partial charge is 0.316 e. The zero-order valence-corrected chi connectivity index (χ0v) is 14.2. The van der Waals surface area contributed by atoms with Gasteiger partial charge in [0.1, 0.15) is 0 Å². The van der Waals surface area contributed by atoms with Gasteiger partial charge in [0.25, 0.3) is 0 Å². The van der Waals surface area contributed by atoms with Gasteiger partial charge in [0.05, 0.1) is 0 Å². The third-order valence-corrected chi connectivity index (χ3v) is 4.31. The first-order valence-electron chi connectivity index (χ1n) is 8.02. The van der Waals surface area contributed by atoms with E-state index in [0.29, 0.717) is 11.8 Å². The molecule has 0 aromatic heterocycles. The minimum Gasteiger partial charge on any atom is -0.316 e. The summed E-state index contributed by atoms with van der Waals surface area (Å²) in [5.41, 5.74) is 1.41. The number of hydrogen-bond acceptors (Lipinski definition) is 1. The van der Waals surface area contributed by atoms with Gasteiger partial charge < -0.3 is 5.32 Å². The van der Waals surface area contributed by atoms with Crippen molar-refractivity contribution in [2.45, 2.75) is 52.9 Å². The molecule has 114 valence electrons. The molecule has 0 saturated heterocycles. The molecule has 1 N–H and O–H groups in total. The summed E-state index contributed by atoms with van der Waals surface area (Å²) in [5, 5.41) is 4.44.